The van der Waals surface area contributed by atoms with Crippen LogP contribution in [-0.4, -0.2) is 51.8 Å². The molecule has 0 saturated carbocycles. The third-order valence-corrected chi connectivity index (χ3v) is 6.20. The first-order chi connectivity index (χ1) is 14.8. The quantitative estimate of drug-likeness (QED) is 0.700. The van der Waals surface area contributed by atoms with Gasteiger partial charge in [-0.3, -0.25) is 4.90 Å². The highest BCUT2D eigenvalue weighted by Gasteiger charge is 2.34. The van der Waals surface area contributed by atoms with Crippen molar-refractivity contribution in [3.8, 4) is 0 Å². The molecule has 154 valence electrons. The summed E-state index contributed by atoms with van der Waals surface area (Å²) in [6, 6.07) is 20.8. The topological polar surface area (TPSA) is 64.5 Å². The van der Waals surface area contributed by atoms with Crippen molar-refractivity contribution in [3.63, 3.8) is 0 Å². The van der Waals surface area contributed by atoms with Crippen LogP contribution in [0.25, 0.3) is 0 Å². The number of para-hydroxylation sites is 1. The van der Waals surface area contributed by atoms with Crippen molar-refractivity contribution in [2.75, 3.05) is 29.9 Å². The fourth-order valence-electron chi connectivity index (χ4n) is 4.61. The van der Waals surface area contributed by atoms with Gasteiger partial charge < -0.3 is 15.3 Å². The van der Waals surface area contributed by atoms with E-state index in [0.29, 0.717) is 6.54 Å². The third kappa shape index (κ3) is 4.01. The van der Waals surface area contributed by atoms with Crippen LogP contribution in [-0.2, 0) is 13.0 Å². The maximum atomic E-state index is 11.0. The van der Waals surface area contributed by atoms with Crippen LogP contribution in [0, 0.1) is 0 Å². The van der Waals surface area contributed by atoms with Gasteiger partial charge in [-0.05, 0) is 36.1 Å². The van der Waals surface area contributed by atoms with Crippen molar-refractivity contribution >= 4 is 17.3 Å². The molecule has 3 heterocycles. The number of nitrogens with zero attached hydrogens (tertiary/aromatic N) is 4. The highest BCUT2D eigenvalue weighted by molar-refractivity contribution is 5.59. The molecule has 3 aromatic rings. The minimum absolute atomic E-state index is 0.193. The predicted molar refractivity (Wildman–Crippen MR) is 119 cm³/mol. The molecule has 2 atom stereocenters. The zero-order valence-electron chi connectivity index (χ0n) is 17.0. The van der Waals surface area contributed by atoms with E-state index in [1.807, 2.05) is 36.4 Å². The summed E-state index contributed by atoms with van der Waals surface area (Å²) in [4.78, 5) is 13.4. The van der Waals surface area contributed by atoms with Gasteiger partial charge in [0.2, 0.25) is 0 Å². The van der Waals surface area contributed by atoms with Crippen molar-refractivity contribution < 1.29 is 5.11 Å². The van der Waals surface area contributed by atoms with Crippen LogP contribution in [0.4, 0.5) is 17.3 Å². The molecule has 2 aromatic carbocycles. The number of piperidine rings is 1. The smallest absolute Gasteiger partial charge is 0.135 e. The summed E-state index contributed by atoms with van der Waals surface area (Å²) in [6.45, 7) is 3.40. The summed E-state index contributed by atoms with van der Waals surface area (Å²) in [5, 5.41) is 14.3. The molecule has 1 saturated heterocycles. The van der Waals surface area contributed by atoms with Crippen LogP contribution in [0.5, 0.6) is 0 Å². The summed E-state index contributed by atoms with van der Waals surface area (Å²) in [7, 11) is 0. The Kier molecular flexibility index (Phi) is 5.34. The van der Waals surface area contributed by atoms with Crippen LogP contribution in [0.15, 0.2) is 67.0 Å². The number of benzene rings is 2. The van der Waals surface area contributed by atoms with Crippen LogP contribution in [0.1, 0.15) is 17.5 Å². The van der Waals surface area contributed by atoms with E-state index in [2.05, 4.69) is 49.4 Å². The van der Waals surface area contributed by atoms with Gasteiger partial charge in [0.15, 0.2) is 0 Å². The molecule has 30 heavy (non-hydrogen) atoms. The number of anilines is 3. The highest BCUT2D eigenvalue weighted by Crippen LogP contribution is 2.27. The fourth-order valence-corrected chi connectivity index (χ4v) is 4.61. The summed E-state index contributed by atoms with van der Waals surface area (Å²) in [5.74, 6) is 1.61. The Bertz CT molecular complexity index is 996. The van der Waals surface area contributed by atoms with Gasteiger partial charge in [-0.25, -0.2) is 9.97 Å². The largest absolute Gasteiger partial charge is 0.390 e. The lowest BCUT2D eigenvalue weighted by Gasteiger charge is -2.43. The van der Waals surface area contributed by atoms with E-state index < -0.39 is 6.10 Å². The molecule has 0 bridgehead atoms. The van der Waals surface area contributed by atoms with Crippen molar-refractivity contribution in [1.29, 1.82) is 0 Å². The summed E-state index contributed by atoms with van der Waals surface area (Å²) in [5.41, 5.74) is 3.83. The zero-order chi connectivity index (χ0) is 20.3. The molecule has 0 radical (unpaired) electrons. The Labute approximate surface area is 177 Å². The van der Waals surface area contributed by atoms with Crippen LogP contribution < -0.4 is 10.2 Å². The Morgan fingerprint density at radius 2 is 1.73 bits per heavy atom. The third-order valence-electron chi connectivity index (χ3n) is 6.20. The number of aromatic nitrogens is 2. The molecule has 1 aromatic heterocycles. The van der Waals surface area contributed by atoms with Gasteiger partial charge in [-0.15, -0.1) is 0 Å². The lowest BCUT2D eigenvalue weighted by atomic mass is 9.94. The fraction of sp³-hybridized carbons (Fsp3) is 0.333. The van der Waals surface area contributed by atoms with E-state index in [4.69, 9.17) is 0 Å². The summed E-state index contributed by atoms with van der Waals surface area (Å²) < 4.78 is 0. The predicted octanol–water partition coefficient (Wildman–Crippen LogP) is 3.22. The van der Waals surface area contributed by atoms with Crippen molar-refractivity contribution in [1.82, 2.24) is 14.9 Å². The number of nitrogens with one attached hydrogen (secondary N) is 1. The van der Waals surface area contributed by atoms with Crippen molar-refractivity contribution in [3.05, 3.63) is 78.1 Å². The van der Waals surface area contributed by atoms with E-state index in [-0.39, 0.29) is 6.04 Å². The molecular weight excluding hydrogens is 374 g/mol. The molecule has 2 N–H and O–H groups in total. The van der Waals surface area contributed by atoms with Crippen molar-refractivity contribution in [2.45, 2.75) is 31.5 Å². The number of rotatable bonds is 4. The van der Waals surface area contributed by atoms with Gasteiger partial charge in [0.1, 0.15) is 18.0 Å². The van der Waals surface area contributed by atoms with Crippen molar-refractivity contribution in [2.24, 2.45) is 0 Å². The van der Waals surface area contributed by atoms with Gasteiger partial charge in [0.25, 0.3) is 0 Å². The molecule has 1 fully saturated rings. The average Bonchev–Trinajstić information content (AvgIpc) is 2.79. The maximum Gasteiger partial charge on any atom is 0.135 e. The number of hydrogen-bond acceptors (Lipinski definition) is 6. The first-order valence-electron chi connectivity index (χ1n) is 10.6. The minimum atomic E-state index is -0.399. The highest BCUT2D eigenvalue weighted by atomic mass is 16.3. The molecule has 6 heteroatoms. The maximum absolute atomic E-state index is 11.0. The first-order valence-corrected chi connectivity index (χ1v) is 10.6. The zero-order valence-corrected chi connectivity index (χ0v) is 17.0. The Balaban J connectivity index is 1.25. The molecule has 2 aliphatic heterocycles. The average molecular weight is 402 g/mol. The molecule has 5 rings (SSSR count). The molecule has 0 aliphatic carbocycles. The van der Waals surface area contributed by atoms with Gasteiger partial charge >= 0.3 is 0 Å². The standard InChI is InChI=1S/C24H27N5O/c30-22-16-29(24-14-23(25-17-26-24)27-20-8-2-1-3-9-20)13-11-21(22)28-12-10-18-6-4-5-7-19(18)15-28/h1-9,14,17,21-22,30H,10-13,15-16H2,(H,25,26,27). The summed E-state index contributed by atoms with van der Waals surface area (Å²) >= 11 is 0. The van der Waals surface area contributed by atoms with E-state index in [1.54, 1.807) is 6.33 Å². The molecule has 2 aliphatic rings. The SMILES string of the molecule is OC1CN(c2cc(Nc3ccccc3)ncn2)CCC1N1CCc2ccccc2C1. The van der Waals surface area contributed by atoms with Crippen LogP contribution in [0.3, 0.4) is 0 Å². The van der Waals surface area contributed by atoms with Gasteiger partial charge in [-0.2, -0.15) is 0 Å². The number of β-amino-alcohol motifs (C(OH)–C–C–N with tert-alkyl or cyclic N) is 1. The normalized spacial score (nSPS) is 21.8. The van der Waals surface area contributed by atoms with E-state index >= 15 is 0 Å². The Morgan fingerprint density at radius 1 is 0.933 bits per heavy atom. The molecule has 0 amide bonds. The number of aliphatic hydroxyl groups is 1. The summed E-state index contributed by atoms with van der Waals surface area (Å²) in [6.07, 6.45) is 3.17. The number of aliphatic hydroxyl groups excluding tert-OH is 1. The Morgan fingerprint density at radius 3 is 2.57 bits per heavy atom. The van der Waals surface area contributed by atoms with Gasteiger partial charge in [0, 0.05) is 44.0 Å². The van der Waals surface area contributed by atoms with E-state index in [9.17, 15) is 5.11 Å². The van der Waals surface area contributed by atoms with E-state index in [0.717, 1.165) is 49.8 Å². The van der Waals surface area contributed by atoms with Crippen LogP contribution in [0.2, 0.25) is 0 Å². The minimum Gasteiger partial charge on any atom is -0.390 e. The second kappa shape index (κ2) is 8.42. The number of hydrogen-bond donors (Lipinski definition) is 2. The lowest BCUT2D eigenvalue weighted by molar-refractivity contribution is 0.0293. The van der Waals surface area contributed by atoms with E-state index in [1.165, 1.54) is 11.1 Å². The molecule has 2 unspecified atom stereocenters. The van der Waals surface area contributed by atoms with Crippen LogP contribution >= 0.6 is 0 Å². The number of fused-ring (bicyclic) bond motifs is 1. The monoisotopic (exact) mass is 401 g/mol. The lowest BCUT2D eigenvalue weighted by Crippen LogP contribution is -2.55. The second-order valence-corrected chi connectivity index (χ2v) is 8.11. The molecule has 0 spiro atoms. The second-order valence-electron chi connectivity index (χ2n) is 8.11. The first kappa shape index (κ1) is 19.0. The van der Waals surface area contributed by atoms with Gasteiger partial charge in [-0.1, -0.05) is 42.5 Å². The van der Waals surface area contributed by atoms with Gasteiger partial charge in [0.05, 0.1) is 6.10 Å². The molecule has 6 nitrogen and oxygen atoms in total. The Hall–Kier alpha value is -2.96. The molecular formula is C24H27N5O.